The molecule has 0 aromatic heterocycles. The van der Waals surface area contributed by atoms with Gasteiger partial charge in [0.2, 0.25) is 0 Å². The highest BCUT2D eigenvalue weighted by molar-refractivity contribution is 6.40. The van der Waals surface area contributed by atoms with Crippen molar-refractivity contribution in [1.82, 2.24) is 5.32 Å². The van der Waals surface area contributed by atoms with Crippen molar-refractivity contribution in [2.24, 2.45) is 0 Å². The van der Waals surface area contributed by atoms with Crippen molar-refractivity contribution in [2.45, 2.75) is 13.8 Å². The van der Waals surface area contributed by atoms with Crippen LogP contribution in [0.4, 0.5) is 16.2 Å². The van der Waals surface area contributed by atoms with Crippen LogP contribution in [0.1, 0.15) is 27.0 Å². The molecule has 1 aliphatic rings. The Kier molecular flexibility index (Phi) is 8.75. The minimum atomic E-state index is -0.957. The summed E-state index contributed by atoms with van der Waals surface area (Å²) in [5, 5.41) is 4.94. The van der Waals surface area contributed by atoms with E-state index in [1.165, 1.54) is 49.6 Å². The third-order valence-electron chi connectivity index (χ3n) is 6.21. The first kappa shape index (κ1) is 29.3. The summed E-state index contributed by atoms with van der Waals surface area (Å²) in [7, 11) is 1.22. The van der Waals surface area contributed by atoms with Gasteiger partial charge >= 0.3 is 12.0 Å². The largest absolute Gasteiger partial charge is 0.481 e. The summed E-state index contributed by atoms with van der Waals surface area (Å²) in [6.45, 7) is 3.45. The number of nitrogens with one attached hydrogen (secondary N) is 2. The molecule has 1 aliphatic heterocycles. The monoisotopic (exact) mass is 595 g/mol. The fraction of sp³-hybridized carbons (Fsp3) is 0.138. The van der Waals surface area contributed by atoms with Crippen molar-refractivity contribution >= 4 is 70.4 Å². The van der Waals surface area contributed by atoms with Crippen molar-refractivity contribution in [3.63, 3.8) is 0 Å². The lowest BCUT2D eigenvalue weighted by Gasteiger charge is -2.26. The summed E-state index contributed by atoms with van der Waals surface area (Å²) < 4.78 is 10.2. The fourth-order valence-electron chi connectivity index (χ4n) is 3.93. The Hall–Kier alpha value is -4.67. The van der Waals surface area contributed by atoms with E-state index in [4.69, 9.17) is 27.9 Å². The quantitative estimate of drug-likeness (QED) is 0.221. The topological polar surface area (TPSA) is 131 Å². The minimum Gasteiger partial charge on any atom is -0.481 e. The highest BCUT2D eigenvalue weighted by atomic mass is 35.5. The van der Waals surface area contributed by atoms with Crippen molar-refractivity contribution in [1.29, 1.82) is 0 Å². The van der Waals surface area contributed by atoms with Crippen molar-refractivity contribution in [3.05, 3.63) is 92.5 Å². The smallest absolute Gasteiger partial charge is 0.337 e. The SMILES string of the molecule is COC(=O)c1ccc(N2C(=O)NC(=O)/C(=C/c3cc(Cl)c(OCC(=O)Nc4cccc(C)c4C)c(Cl)c3)C2=O)cc1. The average Bonchev–Trinajstić information content (AvgIpc) is 2.93. The van der Waals surface area contributed by atoms with Crippen molar-refractivity contribution in [2.75, 3.05) is 23.9 Å². The number of rotatable bonds is 7. The van der Waals surface area contributed by atoms with Crippen molar-refractivity contribution in [3.8, 4) is 5.75 Å². The Labute approximate surface area is 244 Å². The summed E-state index contributed by atoms with van der Waals surface area (Å²) >= 11 is 12.7. The van der Waals surface area contributed by atoms with Gasteiger partial charge < -0.3 is 14.8 Å². The Morgan fingerprint density at radius 1 is 1.00 bits per heavy atom. The normalized spacial score (nSPS) is 14.1. The predicted molar refractivity (Wildman–Crippen MR) is 153 cm³/mol. The van der Waals surface area contributed by atoms with E-state index in [2.05, 4.69) is 15.4 Å². The molecule has 0 saturated carbocycles. The number of urea groups is 1. The number of nitrogens with zero attached hydrogens (tertiary/aromatic N) is 1. The lowest BCUT2D eigenvalue weighted by atomic mass is 10.1. The molecular formula is C29H23Cl2N3O7. The number of imide groups is 2. The molecule has 0 aliphatic carbocycles. The number of esters is 1. The molecule has 3 aromatic carbocycles. The first-order valence-corrected chi connectivity index (χ1v) is 12.8. The van der Waals surface area contributed by atoms with Gasteiger partial charge in [-0.05, 0) is 79.1 Å². The van der Waals surface area contributed by atoms with Gasteiger partial charge in [0.05, 0.1) is 28.4 Å². The number of benzene rings is 3. The molecule has 0 unspecified atom stereocenters. The van der Waals surface area contributed by atoms with E-state index < -0.39 is 29.7 Å². The van der Waals surface area contributed by atoms with Gasteiger partial charge in [-0.15, -0.1) is 0 Å². The summed E-state index contributed by atoms with van der Waals surface area (Å²) in [6.07, 6.45) is 1.22. The predicted octanol–water partition coefficient (Wildman–Crippen LogP) is 5.08. The number of ether oxygens (including phenoxy) is 2. The van der Waals surface area contributed by atoms with Gasteiger partial charge in [-0.1, -0.05) is 35.3 Å². The molecule has 3 aromatic rings. The zero-order valence-electron chi connectivity index (χ0n) is 22.0. The van der Waals surface area contributed by atoms with E-state index in [1.54, 1.807) is 6.07 Å². The van der Waals surface area contributed by atoms with E-state index in [9.17, 15) is 24.0 Å². The maximum atomic E-state index is 13.2. The van der Waals surface area contributed by atoms with Gasteiger partial charge in [0.25, 0.3) is 17.7 Å². The van der Waals surface area contributed by atoms with Crippen LogP contribution in [0.2, 0.25) is 10.0 Å². The molecular weight excluding hydrogens is 573 g/mol. The summed E-state index contributed by atoms with van der Waals surface area (Å²) in [5.41, 5.74) is 2.83. The number of hydrogen-bond donors (Lipinski definition) is 2. The highest BCUT2D eigenvalue weighted by Crippen LogP contribution is 2.35. The highest BCUT2D eigenvalue weighted by Gasteiger charge is 2.37. The first-order chi connectivity index (χ1) is 19.5. The van der Waals surface area contributed by atoms with Crippen LogP contribution in [0.3, 0.4) is 0 Å². The molecule has 12 heteroatoms. The van der Waals surface area contributed by atoms with Crippen LogP contribution in [0.5, 0.6) is 5.75 Å². The lowest BCUT2D eigenvalue weighted by Crippen LogP contribution is -2.54. The maximum Gasteiger partial charge on any atom is 0.337 e. The molecule has 1 saturated heterocycles. The molecule has 41 heavy (non-hydrogen) atoms. The van der Waals surface area contributed by atoms with Gasteiger partial charge in [-0.25, -0.2) is 14.5 Å². The molecule has 10 nitrogen and oxygen atoms in total. The van der Waals surface area contributed by atoms with Gasteiger partial charge in [0.1, 0.15) is 5.57 Å². The van der Waals surface area contributed by atoms with Crippen LogP contribution in [-0.2, 0) is 19.1 Å². The molecule has 2 N–H and O–H groups in total. The van der Waals surface area contributed by atoms with Gasteiger partial charge in [-0.2, -0.15) is 0 Å². The van der Waals surface area contributed by atoms with Crippen LogP contribution in [0, 0.1) is 13.8 Å². The van der Waals surface area contributed by atoms with E-state index in [0.717, 1.165) is 16.0 Å². The molecule has 1 fully saturated rings. The molecule has 0 spiro atoms. The van der Waals surface area contributed by atoms with E-state index in [-0.39, 0.29) is 44.8 Å². The molecule has 0 bridgehead atoms. The third-order valence-corrected chi connectivity index (χ3v) is 6.77. The first-order valence-electron chi connectivity index (χ1n) is 12.1. The number of carbonyl (C=O) groups is 5. The van der Waals surface area contributed by atoms with E-state index in [1.807, 2.05) is 26.0 Å². The van der Waals surface area contributed by atoms with Crippen LogP contribution < -0.4 is 20.3 Å². The maximum absolute atomic E-state index is 13.2. The number of anilines is 2. The number of aryl methyl sites for hydroxylation is 1. The molecule has 0 atom stereocenters. The number of barbiturate groups is 1. The second-order valence-electron chi connectivity index (χ2n) is 8.89. The van der Waals surface area contributed by atoms with Crippen molar-refractivity contribution < 1.29 is 33.4 Å². The Morgan fingerprint density at radius 3 is 2.29 bits per heavy atom. The Balaban J connectivity index is 1.52. The summed E-state index contributed by atoms with van der Waals surface area (Å²) in [5.74, 6) is -2.80. The molecule has 4 rings (SSSR count). The van der Waals surface area contributed by atoms with E-state index >= 15 is 0 Å². The second-order valence-corrected chi connectivity index (χ2v) is 9.71. The standard InChI is InChI=1S/C29H23Cl2N3O7/c1-15-5-4-6-23(16(15)2)32-24(35)14-41-25-21(30)12-17(13-22(25)31)11-20-26(36)33-29(39)34(27(20)37)19-9-7-18(8-10-19)28(38)40-3/h4-13H,14H2,1-3H3,(H,32,35)(H,33,36,39)/b20-11-. The summed E-state index contributed by atoms with van der Waals surface area (Å²) in [6, 6.07) is 12.9. The molecule has 0 radical (unpaired) electrons. The minimum absolute atomic E-state index is 0.0267. The fourth-order valence-corrected chi connectivity index (χ4v) is 4.55. The van der Waals surface area contributed by atoms with Crippen LogP contribution in [0.25, 0.3) is 6.08 Å². The third kappa shape index (κ3) is 6.40. The number of carbonyl (C=O) groups excluding carboxylic acids is 5. The number of methoxy groups -OCH3 is 1. The van der Waals surface area contributed by atoms with Crippen LogP contribution in [0.15, 0.2) is 60.2 Å². The number of hydrogen-bond acceptors (Lipinski definition) is 7. The second kappa shape index (κ2) is 12.2. The Morgan fingerprint density at radius 2 is 1.66 bits per heavy atom. The van der Waals surface area contributed by atoms with E-state index in [0.29, 0.717) is 5.69 Å². The molecule has 1 heterocycles. The van der Waals surface area contributed by atoms with Crippen LogP contribution in [-0.4, -0.2) is 43.4 Å². The molecule has 5 amide bonds. The zero-order valence-corrected chi connectivity index (χ0v) is 23.6. The van der Waals surface area contributed by atoms with Crippen LogP contribution >= 0.6 is 23.2 Å². The zero-order chi connectivity index (χ0) is 29.8. The number of amides is 5. The number of halogens is 2. The Bertz CT molecular complexity index is 1590. The lowest BCUT2D eigenvalue weighted by molar-refractivity contribution is -0.122. The van der Waals surface area contributed by atoms with Gasteiger partial charge in [0, 0.05) is 5.69 Å². The summed E-state index contributed by atoms with van der Waals surface area (Å²) in [4.78, 5) is 63.1. The molecule has 210 valence electrons. The van der Waals surface area contributed by atoms with Gasteiger partial charge in [-0.3, -0.25) is 19.7 Å². The average molecular weight is 596 g/mol. The van der Waals surface area contributed by atoms with Gasteiger partial charge in [0.15, 0.2) is 12.4 Å².